The Labute approximate surface area is 131 Å². The van der Waals surface area contributed by atoms with Crippen molar-refractivity contribution in [1.29, 1.82) is 0 Å². The summed E-state index contributed by atoms with van der Waals surface area (Å²) >= 11 is 1.69. The Morgan fingerprint density at radius 1 is 1.57 bits per heavy atom. The van der Waals surface area contributed by atoms with Crippen LogP contribution in [0.5, 0.6) is 0 Å². The zero-order valence-corrected chi connectivity index (χ0v) is 14.4. The van der Waals surface area contributed by atoms with Crippen LogP contribution >= 0.6 is 11.8 Å². The average Bonchev–Trinajstić information content (AvgIpc) is 2.84. The topological polar surface area (TPSA) is 81.2 Å². The summed E-state index contributed by atoms with van der Waals surface area (Å²) in [5, 5.41) is 3.74. The van der Waals surface area contributed by atoms with E-state index < -0.39 is 15.2 Å². The average molecular weight is 332 g/mol. The molecule has 3 atom stereocenters. The summed E-state index contributed by atoms with van der Waals surface area (Å²) in [5.41, 5.74) is 7.31. The van der Waals surface area contributed by atoms with Gasteiger partial charge in [-0.3, -0.25) is 9.58 Å². The SMILES string of the molecule is CCC(N)C(c1cnn(C)c1)N1CCSCC1S(C)(=O)=O. The minimum Gasteiger partial charge on any atom is -0.326 e. The van der Waals surface area contributed by atoms with E-state index in [1.54, 1.807) is 22.6 Å². The highest BCUT2D eigenvalue weighted by atomic mass is 32.2. The van der Waals surface area contributed by atoms with Gasteiger partial charge in [-0.1, -0.05) is 6.92 Å². The molecule has 2 heterocycles. The van der Waals surface area contributed by atoms with Crippen LogP contribution in [0.4, 0.5) is 0 Å². The molecule has 1 aromatic rings. The van der Waals surface area contributed by atoms with Gasteiger partial charge >= 0.3 is 0 Å². The molecule has 3 unspecified atom stereocenters. The van der Waals surface area contributed by atoms with Gasteiger partial charge in [-0.25, -0.2) is 8.42 Å². The van der Waals surface area contributed by atoms with Gasteiger partial charge in [0.2, 0.25) is 0 Å². The van der Waals surface area contributed by atoms with Crippen molar-refractivity contribution in [1.82, 2.24) is 14.7 Å². The maximum Gasteiger partial charge on any atom is 0.164 e. The summed E-state index contributed by atoms with van der Waals surface area (Å²) in [4.78, 5) is 2.05. The standard InChI is InChI=1S/C13H24N4O2S2/c1-4-11(14)13(10-7-15-16(2)8-10)17-5-6-20-9-12(17)21(3,18)19/h7-8,11-13H,4-6,9,14H2,1-3H3. The Morgan fingerprint density at radius 2 is 2.29 bits per heavy atom. The molecule has 0 spiro atoms. The van der Waals surface area contributed by atoms with Crippen molar-refractivity contribution in [2.45, 2.75) is 30.8 Å². The van der Waals surface area contributed by atoms with E-state index in [2.05, 4.69) is 10.00 Å². The predicted octanol–water partition coefficient (Wildman–Crippen LogP) is 0.618. The summed E-state index contributed by atoms with van der Waals surface area (Å²) in [7, 11) is -1.28. The van der Waals surface area contributed by atoms with Gasteiger partial charge in [0, 0.05) is 49.2 Å². The summed E-state index contributed by atoms with van der Waals surface area (Å²) in [5.74, 6) is 1.53. The summed E-state index contributed by atoms with van der Waals surface area (Å²) in [6.07, 6.45) is 5.83. The molecule has 21 heavy (non-hydrogen) atoms. The van der Waals surface area contributed by atoms with Crippen LogP contribution in [0.1, 0.15) is 24.9 Å². The van der Waals surface area contributed by atoms with Crippen molar-refractivity contribution in [2.24, 2.45) is 12.8 Å². The lowest BCUT2D eigenvalue weighted by Crippen LogP contribution is -2.52. The minimum absolute atomic E-state index is 0.107. The molecule has 120 valence electrons. The van der Waals surface area contributed by atoms with E-state index in [1.807, 2.05) is 20.2 Å². The molecule has 0 aliphatic carbocycles. The van der Waals surface area contributed by atoms with Crippen molar-refractivity contribution in [3.05, 3.63) is 18.0 Å². The Hall–Kier alpha value is -0.570. The highest BCUT2D eigenvalue weighted by molar-refractivity contribution is 8.00. The molecule has 0 aromatic carbocycles. The first-order valence-electron chi connectivity index (χ1n) is 7.11. The molecular formula is C13H24N4O2S2. The van der Waals surface area contributed by atoms with Crippen molar-refractivity contribution >= 4 is 21.6 Å². The van der Waals surface area contributed by atoms with E-state index in [9.17, 15) is 8.42 Å². The van der Waals surface area contributed by atoms with Gasteiger partial charge in [0.15, 0.2) is 9.84 Å². The fraction of sp³-hybridized carbons (Fsp3) is 0.769. The van der Waals surface area contributed by atoms with Crippen LogP contribution in [-0.2, 0) is 16.9 Å². The van der Waals surface area contributed by atoms with Gasteiger partial charge in [0.1, 0.15) is 5.37 Å². The Morgan fingerprint density at radius 3 is 2.81 bits per heavy atom. The Balaban J connectivity index is 2.38. The van der Waals surface area contributed by atoms with Crippen molar-refractivity contribution in [3.63, 3.8) is 0 Å². The van der Waals surface area contributed by atoms with E-state index in [0.29, 0.717) is 5.75 Å². The quantitative estimate of drug-likeness (QED) is 0.851. The van der Waals surface area contributed by atoms with Crippen LogP contribution in [0.25, 0.3) is 0 Å². The minimum atomic E-state index is -3.14. The number of thioether (sulfide) groups is 1. The first-order chi connectivity index (χ1) is 9.84. The third-order valence-corrected chi connectivity index (χ3v) is 6.58. The second-order valence-corrected chi connectivity index (χ2v) is 8.91. The second-order valence-electron chi connectivity index (χ2n) is 5.56. The molecule has 1 aromatic heterocycles. The summed E-state index contributed by atoms with van der Waals surface area (Å²) in [6, 6.07) is -0.217. The molecule has 1 fully saturated rings. The molecule has 2 N–H and O–H groups in total. The zero-order chi connectivity index (χ0) is 15.6. The number of nitrogens with two attached hydrogens (primary N) is 1. The number of aryl methyl sites for hydroxylation is 1. The third-order valence-electron chi connectivity index (χ3n) is 3.92. The maximum atomic E-state index is 12.1. The lowest BCUT2D eigenvalue weighted by molar-refractivity contribution is 0.165. The third kappa shape index (κ3) is 3.80. The maximum absolute atomic E-state index is 12.1. The molecule has 2 rings (SSSR count). The highest BCUT2D eigenvalue weighted by Gasteiger charge is 2.38. The number of rotatable bonds is 5. The smallest absolute Gasteiger partial charge is 0.164 e. The molecule has 0 bridgehead atoms. The fourth-order valence-electron chi connectivity index (χ4n) is 2.78. The lowest BCUT2D eigenvalue weighted by atomic mass is 9.99. The zero-order valence-electron chi connectivity index (χ0n) is 12.8. The van der Waals surface area contributed by atoms with Gasteiger partial charge < -0.3 is 5.73 Å². The van der Waals surface area contributed by atoms with E-state index in [-0.39, 0.29) is 12.1 Å². The normalized spacial score (nSPS) is 23.9. The fourth-order valence-corrected chi connectivity index (χ4v) is 5.69. The van der Waals surface area contributed by atoms with Gasteiger partial charge in [-0.05, 0) is 6.42 Å². The largest absolute Gasteiger partial charge is 0.326 e. The molecule has 8 heteroatoms. The van der Waals surface area contributed by atoms with Crippen LogP contribution < -0.4 is 5.73 Å². The van der Waals surface area contributed by atoms with Crippen LogP contribution in [0.15, 0.2) is 12.4 Å². The van der Waals surface area contributed by atoms with Crippen molar-refractivity contribution < 1.29 is 8.42 Å². The molecule has 0 radical (unpaired) electrons. The molecule has 1 aliphatic heterocycles. The molecular weight excluding hydrogens is 308 g/mol. The van der Waals surface area contributed by atoms with Gasteiger partial charge in [-0.2, -0.15) is 16.9 Å². The second kappa shape index (κ2) is 6.68. The first kappa shape index (κ1) is 16.8. The van der Waals surface area contributed by atoms with Crippen LogP contribution in [0, 0.1) is 0 Å². The summed E-state index contributed by atoms with van der Waals surface area (Å²) < 4.78 is 26.0. The number of hydrogen-bond donors (Lipinski definition) is 1. The first-order valence-corrected chi connectivity index (χ1v) is 10.2. The Bertz CT molecular complexity index is 572. The predicted molar refractivity (Wildman–Crippen MR) is 86.9 cm³/mol. The van der Waals surface area contributed by atoms with Crippen molar-refractivity contribution in [3.8, 4) is 0 Å². The molecule has 0 saturated carbocycles. The van der Waals surface area contributed by atoms with Crippen LogP contribution in [0.3, 0.4) is 0 Å². The van der Waals surface area contributed by atoms with Gasteiger partial charge in [0.05, 0.1) is 12.2 Å². The van der Waals surface area contributed by atoms with Gasteiger partial charge in [0.25, 0.3) is 0 Å². The molecule has 1 saturated heterocycles. The molecule has 0 amide bonds. The number of aromatic nitrogens is 2. The van der Waals surface area contributed by atoms with Crippen molar-refractivity contribution in [2.75, 3.05) is 24.3 Å². The van der Waals surface area contributed by atoms with Gasteiger partial charge in [-0.15, -0.1) is 0 Å². The number of sulfone groups is 1. The summed E-state index contributed by atoms with van der Waals surface area (Å²) in [6.45, 7) is 2.76. The van der Waals surface area contributed by atoms with Crippen LogP contribution in [0.2, 0.25) is 0 Å². The van der Waals surface area contributed by atoms with E-state index in [0.717, 1.165) is 24.3 Å². The van der Waals surface area contributed by atoms with E-state index in [1.165, 1.54) is 6.26 Å². The van der Waals surface area contributed by atoms with Crippen LogP contribution in [-0.4, -0.2) is 58.8 Å². The monoisotopic (exact) mass is 332 g/mol. The number of hydrogen-bond acceptors (Lipinski definition) is 6. The van der Waals surface area contributed by atoms with E-state index in [4.69, 9.17) is 5.73 Å². The molecule has 6 nitrogen and oxygen atoms in total. The molecule has 1 aliphatic rings. The highest BCUT2D eigenvalue weighted by Crippen LogP contribution is 2.32. The number of nitrogens with zero attached hydrogens (tertiary/aromatic N) is 3. The van der Waals surface area contributed by atoms with E-state index >= 15 is 0 Å². The Kier molecular flexibility index (Phi) is 5.34. The lowest BCUT2D eigenvalue weighted by Gasteiger charge is -2.41.